The van der Waals surface area contributed by atoms with Gasteiger partial charge in [-0.1, -0.05) is 17.7 Å². The van der Waals surface area contributed by atoms with Gasteiger partial charge in [0.2, 0.25) is 0 Å². The molecule has 0 fully saturated rings. The summed E-state index contributed by atoms with van der Waals surface area (Å²) in [5, 5.41) is 6.92. The molecular weight excluding hydrogens is 228 g/mol. The first kappa shape index (κ1) is 12.2. The first-order valence-electron chi connectivity index (χ1n) is 5.66. The lowest BCUT2D eigenvalue weighted by Gasteiger charge is -2.06. The number of nitrogen functional groups attached to an aromatic ring is 1. The molecule has 5 nitrogen and oxygen atoms in total. The molecule has 0 aliphatic heterocycles. The maximum absolute atomic E-state index is 12.0. The van der Waals surface area contributed by atoms with Crippen LogP contribution in [0, 0.1) is 13.8 Å². The number of anilines is 2. The lowest BCUT2D eigenvalue weighted by molar-refractivity contribution is 0.102. The fourth-order valence-electron chi connectivity index (χ4n) is 1.71. The SMILES string of the molecule is Cc1ccc(C(=O)Nc2c(N)c(C)nn2C)cc1. The van der Waals surface area contributed by atoms with E-state index in [0.29, 0.717) is 22.8 Å². The number of benzene rings is 1. The molecule has 18 heavy (non-hydrogen) atoms. The summed E-state index contributed by atoms with van der Waals surface area (Å²) in [7, 11) is 1.74. The molecule has 3 N–H and O–H groups in total. The van der Waals surface area contributed by atoms with E-state index in [-0.39, 0.29) is 5.91 Å². The van der Waals surface area contributed by atoms with Crippen LogP contribution in [0.1, 0.15) is 21.6 Å². The van der Waals surface area contributed by atoms with Crippen molar-refractivity contribution >= 4 is 17.4 Å². The van der Waals surface area contributed by atoms with Crippen LogP contribution in [0.4, 0.5) is 11.5 Å². The fourth-order valence-corrected chi connectivity index (χ4v) is 1.71. The van der Waals surface area contributed by atoms with Crippen LogP contribution >= 0.6 is 0 Å². The minimum Gasteiger partial charge on any atom is -0.394 e. The maximum Gasteiger partial charge on any atom is 0.256 e. The molecule has 1 aromatic carbocycles. The number of carbonyl (C=O) groups is 1. The van der Waals surface area contributed by atoms with Crippen LogP contribution in [0.25, 0.3) is 0 Å². The smallest absolute Gasteiger partial charge is 0.256 e. The Morgan fingerprint density at radius 3 is 2.39 bits per heavy atom. The van der Waals surface area contributed by atoms with Gasteiger partial charge in [0.05, 0.1) is 11.4 Å². The Balaban J connectivity index is 2.24. The molecule has 0 saturated carbocycles. The van der Waals surface area contributed by atoms with Crippen molar-refractivity contribution in [2.45, 2.75) is 13.8 Å². The molecule has 0 bridgehead atoms. The maximum atomic E-state index is 12.0. The Morgan fingerprint density at radius 1 is 1.28 bits per heavy atom. The molecule has 1 aromatic heterocycles. The van der Waals surface area contributed by atoms with Crippen molar-refractivity contribution < 1.29 is 4.79 Å². The van der Waals surface area contributed by atoms with E-state index in [1.54, 1.807) is 30.8 Å². The second kappa shape index (κ2) is 4.52. The van der Waals surface area contributed by atoms with Gasteiger partial charge in [-0.05, 0) is 26.0 Å². The van der Waals surface area contributed by atoms with Crippen LogP contribution in [-0.4, -0.2) is 15.7 Å². The summed E-state index contributed by atoms with van der Waals surface area (Å²) in [5.74, 6) is 0.336. The van der Waals surface area contributed by atoms with E-state index >= 15 is 0 Å². The van der Waals surface area contributed by atoms with Gasteiger partial charge < -0.3 is 11.1 Å². The van der Waals surface area contributed by atoms with Crippen LogP contribution in [-0.2, 0) is 7.05 Å². The lowest BCUT2D eigenvalue weighted by atomic mass is 10.1. The van der Waals surface area contributed by atoms with Crippen molar-refractivity contribution in [1.29, 1.82) is 0 Å². The van der Waals surface area contributed by atoms with Gasteiger partial charge in [0.25, 0.3) is 5.91 Å². The minimum absolute atomic E-state index is 0.190. The zero-order valence-corrected chi connectivity index (χ0v) is 10.7. The van der Waals surface area contributed by atoms with E-state index in [9.17, 15) is 4.79 Å². The number of nitrogens with one attached hydrogen (secondary N) is 1. The summed E-state index contributed by atoms with van der Waals surface area (Å²) in [5.41, 5.74) is 8.77. The molecule has 2 rings (SSSR count). The number of nitrogens with two attached hydrogens (primary N) is 1. The van der Waals surface area contributed by atoms with Gasteiger partial charge in [0.15, 0.2) is 5.82 Å². The number of hydrogen-bond acceptors (Lipinski definition) is 3. The number of aromatic nitrogens is 2. The zero-order chi connectivity index (χ0) is 13.3. The predicted octanol–water partition coefficient (Wildman–Crippen LogP) is 1.87. The fraction of sp³-hybridized carbons (Fsp3) is 0.231. The summed E-state index contributed by atoms with van der Waals surface area (Å²) in [6.07, 6.45) is 0. The average Bonchev–Trinajstić information content (AvgIpc) is 2.57. The third-order valence-electron chi connectivity index (χ3n) is 2.81. The Bertz CT molecular complexity index is 584. The monoisotopic (exact) mass is 244 g/mol. The first-order chi connectivity index (χ1) is 8.49. The van der Waals surface area contributed by atoms with E-state index in [0.717, 1.165) is 5.56 Å². The molecule has 0 spiro atoms. The van der Waals surface area contributed by atoms with Gasteiger partial charge in [-0.2, -0.15) is 5.10 Å². The van der Waals surface area contributed by atoms with Crippen molar-refractivity contribution in [2.24, 2.45) is 7.05 Å². The van der Waals surface area contributed by atoms with Gasteiger partial charge in [-0.15, -0.1) is 0 Å². The minimum atomic E-state index is -0.190. The molecule has 0 atom stereocenters. The summed E-state index contributed by atoms with van der Waals surface area (Å²) < 4.78 is 1.57. The van der Waals surface area contributed by atoms with Crippen molar-refractivity contribution in [3.05, 3.63) is 41.1 Å². The Hall–Kier alpha value is -2.30. The summed E-state index contributed by atoms with van der Waals surface area (Å²) in [6, 6.07) is 7.35. The van der Waals surface area contributed by atoms with E-state index in [4.69, 9.17) is 5.73 Å². The zero-order valence-electron chi connectivity index (χ0n) is 10.7. The van der Waals surface area contributed by atoms with Gasteiger partial charge in [0.1, 0.15) is 0 Å². The Morgan fingerprint density at radius 2 is 1.89 bits per heavy atom. The highest BCUT2D eigenvalue weighted by molar-refractivity contribution is 6.05. The lowest BCUT2D eigenvalue weighted by Crippen LogP contribution is -2.15. The average molecular weight is 244 g/mol. The molecule has 5 heteroatoms. The number of aryl methyl sites for hydroxylation is 3. The van der Waals surface area contributed by atoms with Crippen molar-refractivity contribution in [3.8, 4) is 0 Å². The summed E-state index contributed by atoms with van der Waals surface area (Å²) >= 11 is 0. The van der Waals surface area contributed by atoms with Crippen molar-refractivity contribution in [1.82, 2.24) is 9.78 Å². The van der Waals surface area contributed by atoms with Crippen molar-refractivity contribution in [2.75, 3.05) is 11.1 Å². The Labute approximate surface area is 106 Å². The largest absolute Gasteiger partial charge is 0.394 e. The quantitative estimate of drug-likeness (QED) is 0.847. The highest BCUT2D eigenvalue weighted by Gasteiger charge is 2.13. The van der Waals surface area contributed by atoms with E-state index in [1.165, 1.54) is 0 Å². The normalized spacial score (nSPS) is 10.4. The second-order valence-electron chi connectivity index (χ2n) is 4.29. The molecule has 2 aromatic rings. The Kier molecular flexibility index (Phi) is 3.06. The van der Waals surface area contributed by atoms with Crippen LogP contribution < -0.4 is 11.1 Å². The number of rotatable bonds is 2. The number of carbonyl (C=O) groups excluding carboxylic acids is 1. The first-order valence-corrected chi connectivity index (χ1v) is 5.66. The van der Waals surface area contributed by atoms with E-state index in [2.05, 4.69) is 10.4 Å². The number of amides is 1. The number of hydrogen-bond donors (Lipinski definition) is 2. The highest BCUT2D eigenvalue weighted by Crippen LogP contribution is 2.21. The molecule has 0 aliphatic rings. The van der Waals surface area contributed by atoms with Crippen molar-refractivity contribution in [3.63, 3.8) is 0 Å². The topological polar surface area (TPSA) is 72.9 Å². The molecule has 0 unspecified atom stereocenters. The second-order valence-corrected chi connectivity index (χ2v) is 4.29. The van der Waals surface area contributed by atoms with Crippen LogP contribution in [0.5, 0.6) is 0 Å². The van der Waals surface area contributed by atoms with E-state index in [1.807, 2.05) is 19.1 Å². The molecule has 0 radical (unpaired) electrons. The third kappa shape index (κ3) is 2.20. The van der Waals surface area contributed by atoms with Gasteiger partial charge >= 0.3 is 0 Å². The molecule has 1 heterocycles. The molecule has 0 aliphatic carbocycles. The molecule has 0 saturated heterocycles. The highest BCUT2D eigenvalue weighted by atomic mass is 16.1. The van der Waals surface area contributed by atoms with Gasteiger partial charge in [-0.3, -0.25) is 9.48 Å². The third-order valence-corrected chi connectivity index (χ3v) is 2.81. The van der Waals surface area contributed by atoms with Gasteiger partial charge in [0, 0.05) is 12.6 Å². The summed E-state index contributed by atoms with van der Waals surface area (Å²) in [4.78, 5) is 12.0. The molecular formula is C13H16N4O. The van der Waals surface area contributed by atoms with E-state index < -0.39 is 0 Å². The molecule has 1 amide bonds. The number of nitrogens with zero attached hydrogens (tertiary/aromatic N) is 2. The van der Waals surface area contributed by atoms with Crippen LogP contribution in [0.2, 0.25) is 0 Å². The predicted molar refractivity (Wildman–Crippen MR) is 71.5 cm³/mol. The van der Waals surface area contributed by atoms with Gasteiger partial charge in [-0.25, -0.2) is 0 Å². The molecule has 94 valence electrons. The van der Waals surface area contributed by atoms with Crippen LogP contribution in [0.15, 0.2) is 24.3 Å². The standard InChI is InChI=1S/C13H16N4O/c1-8-4-6-10(7-5-8)13(18)15-12-11(14)9(2)16-17(12)3/h4-7H,14H2,1-3H3,(H,15,18). The summed E-state index contributed by atoms with van der Waals surface area (Å²) in [6.45, 7) is 3.78. The van der Waals surface area contributed by atoms with Crippen LogP contribution in [0.3, 0.4) is 0 Å².